The standard InChI is InChI=1S/C22H24/c1-3-7-19-15(5-1)9-11-17-13-14-18-12-10-16-6-2-4-8-20(16)22(18)21(17)19/h1,3,5,7,10,12,17,21H,2,4,6,8-9,11,13-14H2/t17-,21+/m0/s1. The highest BCUT2D eigenvalue weighted by Gasteiger charge is 2.36. The van der Waals surface area contributed by atoms with E-state index in [4.69, 9.17) is 0 Å². The van der Waals surface area contributed by atoms with Gasteiger partial charge in [-0.3, -0.25) is 0 Å². The van der Waals surface area contributed by atoms with Crippen molar-refractivity contribution in [3.05, 3.63) is 69.8 Å². The van der Waals surface area contributed by atoms with Crippen molar-refractivity contribution in [2.75, 3.05) is 0 Å². The molecule has 0 aliphatic heterocycles. The minimum Gasteiger partial charge on any atom is -0.0620 e. The van der Waals surface area contributed by atoms with Gasteiger partial charge in [-0.2, -0.15) is 0 Å². The SMILES string of the molecule is c1ccc2c(c1)CC[C@H]1CCc3ccc4c(c3[C@@H]21)CCCC4. The normalized spacial score (nSPS) is 25.6. The molecule has 2 aromatic carbocycles. The van der Waals surface area contributed by atoms with Gasteiger partial charge in [-0.15, -0.1) is 0 Å². The molecule has 0 saturated carbocycles. The minimum absolute atomic E-state index is 0.696. The fraction of sp³-hybridized carbons (Fsp3) is 0.455. The maximum atomic E-state index is 2.47. The lowest BCUT2D eigenvalue weighted by molar-refractivity contribution is 0.360. The highest BCUT2D eigenvalue weighted by molar-refractivity contribution is 5.52. The van der Waals surface area contributed by atoms with Crippen LogP contribution in [0.4, 0.5) is 0 Å². The first-order valence-electron chi connectivity index (χ1n) is 9.13. The van der Waals surface area contributed by atoms with Crippen molar-refractivity contribution in [2.24, 2.45) is 5.92 Å². The van der Waals surface area contributed by atoms with Gasteiger partial charge in [0.15, 0.2) is 0 Å². The van der Waals surface area contributed by atoms with Crippen LogP contribution in [0, 0.1) is 5.92 Å². The molecular weight excluding hydrogens is 264 g/mol. The number of fused-ring (bicyclic) bond motifs is 7. The summed E-state index contributed by atoms with van der Waals surface area (Å²) in [6, 6.07) is 14.2. The highest BCUT2D eigenvalue weighted by atomic mass is 14.4. The topological polar surface area (TPSA) is 0 Å². The Bertz CT molecular complexity index is 725. The number of rotatable bonds is 0. The molecule has 0 aromatic heterocycles. The van der Waals surface area contributed by atoms with Gasteiger partial charge in [-0.1, -0.05) is 36.4 Å². The Hall–Kier alpha value is -1.56. The first-order chi connectivity index (χ1) is 10.9. The molecule has 0 heterocycles. The van der Waals surface area contributed by atoms with E-state index in [1.165, 1.54) is 51.4 Å². The summed E-state index contributed by atoms with van der Waals surface area (Å²) >= 11 is 0. The Kier molecular flexibility index (Phi) is 2.93. The number of hydrogen-bond acceptors (Lipinski definition) is 0. The maximum absolute atomic E-state index is 2.47. The van der Waals surface area contributed by atoms with E-state index in [2.05, 4.69) is 36.4 Å². The molecule has 0 spiro atoms. The van der Waals surface area contributed by atoms with Gasteiger partial charge in [0.25, 0.3) is 0 Å². The summed E-state index contributed by atoms with van der Waals surface area (Å²) in [6.07, 6.45) is 10.8. The third-order valence-electron chi connectivity index (χ3n) is 6.41. The largest absolute Gasteiger partial charge is 0.0620 e. The van der Waals surface area contributed by atoms with Gasteiger partial charge in [-0.05, 0) is 90.7 Å². The Morgan fingerprint density at radius 3 is 2.41 bits per heavy atom. The highest BCUT2D eigenvalue weighted by Crippen LogP contribution is 2.49. The van der Waals surface area contributed by atoms with Gasteiger partial charge in [0.1, 0.15) is 0 Å². The summed E-state index contributed by atoms with van der Waals surface area (Å²) in [4.78, 5) is 0. The summed E-state index contributed by atoms with van der Waals surface area (Å²) in [6.45, 7) is 0. The molecule has 0 nitrogen and oxygen atoms in total. The number of hydrogen-bond donors (Lipinski definition) is 0. The van der Waals surface area contributed by atoms with Crippen LogP contribution in [-0.2, 0) is 25.7 Å². The minimum atomic E-state index is 0.696. The van der Waals surface area contributed by atoms with Crippen LogP contribution >= 0.6 is 0 Å². The molecule has 3 aliphatic rings. The third-order valence-corrected chi connectivity index (χ3v) is 6.41. The maximum Gasteiger partial charge on any atom is 0.0126 e. The van der Waals surface area contributed by atoms with E-state index >= 15 is 0 Å². The van der Waals surface area contributed by atoms with Crippen molar-refractivity contribution < 1.29 is 0 Å². The summed E-state index contributed by atoms with van der Waals surface area (Å²) in [5, 5.41) is 0. The van der Waals surface area contributed by atoms with Crippen LogP contribution in [0.5, 0.6) is 0 Å². The van der Waals surface area contributed by atoms with E-state index in [0.717, 1.165) is 5.92 Å². The molecule has 3 aliphatic carbocycles. The number of benzene rings is 2. The summed E-state index contributed by atoms with van der Waals surface area (Å²) in [5.41, 5.74) is 10.1. The van der Waals surface area contributed by atoms with Crippen molar-refractivity contribution in [1.29, 1.82) is 0 Å². The quantitative estimate of drug-likeness (QED) is 0.624. The molecule has 0 radical (unpaired) electrons. The zero-order valence-electron chi connectivity index (χ0n) is 13.3. The first-order valence-corrected chi connectivity index (χ1v) is 9.13. The molecular formula is C22H24. The van der Waals surface area contributed by atoms with Crippen LogP contribution in [0.2, 0.25) is 0 Å². The average Bonchev–Trinajstić information content (AvgIpc) is 2.60. The molecule has 0 fully saturated rings. The van der Waals surface area contributed by atoms with Crippen molar-refractivity contribution in [3.63, 3.8) is 0 Å². The van der Waals surface area contributed by atoms with Crippen LogP contribution in [-0.4, -0.2) is 0 Å². The second-order valence-corrected chi connectivity index (χ2v) is 7.50. The fourth-order valence-electron chi connectivity index (χ4n) is 5.38. The van der Waals surface area contributed by atoms with Crippen molar-refractivity contribution >= 4 is 0 Å². The van der Waals surface area contributed by atoms with Gasteiger partial charge in [0.05, 0.1) is 0 Å². The van der Waals surface area contributed by atoms with E-state index in [1.807, 2.05) is 0 Å². The van der Waals surface area contributed by atoms with E-state index in [9.17, 15) is 0 Å². The van der Waals surface area contributed by atoms with E-state index in [-0.39, 0.29) is 0 Å². The molecule has 0 unspecified atom stereocenters. The Morgan fingerprint density at radius 1 is 0.682 bits per heavy atom. The second kappa shape index (κ2) is 4.98. The van der Waals surface area contributed by atoms with Crippen LogP contribution in [0.15, 0.2) is 36.4 Å². The van der Waals surface area contributed by atoms with Crippen molar-refractivity contribution in [3.8, 4) is 0 Å². The van der Waals surface area contributed by atoms with Crippen LogP contribution in [0.1, 0.15) is 65.0 Å². The monoisotopic (exact) mass is 288 g/mol. The third kappa shape index (κ3) is 1.82. The molecule has 2 aromatic rings. The smallest absolute Gasteiger partial charge is 0.0126 e. The van der Waals surface area contributed by atoms with Crippen LogP contribution in [0.3, 0.4) is 0 Å². The lowest BCUT2D eigenvalue weighted by Gasteiger charge is -2.41. The predicted molar refractivity (Wildman–Crippen MR) is 91.5 cm³/mol. The van der Waals surface area contributed by atoms with Gasteiger partial charge in [-0.25, -0.2) is 0 Å². The lowest BCUT2D eigenvalue weighted by Crippen LogP contribution is -2.29. The van der Waals surface area contributed by atoms with E-state index < -0.39 is 0 Å². The molecule has 0 bridgehead atoms. The molecule has 112 valence electrons. The molecule has 0 N–H and O–H groups in total. The zero-order valence-corrected chi connectivity index (χ0v) is 13.3. The molecule has 0 amide bonds. The van der Waals surface area contributed by atoms with E-state index in [1.54, 1.807) is 33.4 Å². The van der Waals surface area contributed by atoms with Gasteiger partial charge in [0, 0.05) is 5.92 Å². The van der Waals surface area contributed by atoms with Crippen LogP contribution in [0.25, 0.3) is 0 Å². The second-order valence-electron chi connectivity index (χ2n) is 7.50. The van der Waals surface area contributed by atoms with Gasteiger partial charge < -0.3 is 0 Å². The van der Waals surface area contributed by atoms with Crippen molar-refractivity contribution in [2.45, 2.75) is 57.3 Å². The fourth-order valence-corrected chi connectivity index (χ4v) is 5.38. The Labute approximate surface area is 133 Å². The van der Waals surface area contributed by atoms with Gasteiger partial charge >= 0.3 is 0 Å². The Balaban J connectivity index is 1.75. The first kappa shape index (κ1) is 12.9. The van der Waals surface area contributed by atoms with E-state index in [0.29, 0.717) is 5.92 Å². The molecule has 0 saturated heterocycles. The predicted octanol–water partition coefficient (Wildman–Crippen LogP) is 5.21. The Morgan fingerprint density at radius 2 is 1.45 bits per heavy atom. The zero-order chi connectivity index (χ0) is 14.5. The number of aryl methyl sites for hydroxylation is 3. The summed E-state index contributed by atoms with van der Waals surface area (Å²) in [7, 11) is 0. The molecule has 22 heavy (non-hydrogen) atoms. The van der Waals surface area contributed by atoms with Crippen LogP contribution < -0.4 is 0 Å². The molecule has 0 heteroatoms. The lowest BCUT2D eigenvalue weighted by atomic mass is 9.63. The average molecular weight is 288 g/mol. The summed E-state index contributed by atoms with van der Waals surface area (Å²) in [5.74, 6) is 1.58. The molecule has 2 atom stereocenters. The molecule has 5 rings (SSSR count). The van der Waals surface area contributed by atoms with Gasteiger partial charge in [0.2, 0.25) is 0 Å². The summed E-state index contributed by atoms with van der Waals surface area (Å²) < 4.78 is 0. The van der Waals surface area contributed by atoms with Crippen molar-refractivity contribution in [1.82, 2.24) is 0 Å².